The van der Waals surface area contributed by atoms with E-state index >= 15 is 0 Å². The first kappa shape index (κ1) is 11.4. The minimum Gasteiger partial charge on any atom is -0.424 e. The molecule has 0 aliphatic rings. The summed E-state index contributed by atoms with van der Waals surface area (Å²) in [5.74, 6) is 1.75. The lowest BCUT2D eigenvalue weighted by atomic mass is 10.3. The molecule has 0 bridgehead atoms. The number of benzene rings is 1. The fourth-order valence-corrected chi connectivity index (χ4v) is 2.04. The third-order valence-corrected chi connectivity index (χ3v) is 2.83. The van der Waals surface area contributed by atoms with Gasteiger partial charge in [0.25, 0.3) is 0 Å². The van der Waals surface area contributed by atoms with E-state index in [1.807, 2.05) is 28.8 Å². The lowest BCUT2D eigenvalue weighted by Crippen LogP contribution is -2.05. The molecule has 0 radical (unpaired) electrons. The number of hydrogen-bond acceptors (Lipinski definition) is 5. The normalized spacial score (nSPS) is 10.7. The standard InChI is InChI=1S/C13H11N5O/c1-9-16-17-13(19-9)8-18-11-5-3-2-4-10(11)15-12(18)6-7-14/h2-5H,6,8H2,1H3. The van der Waals surface area contributed by atoms with Crippen LogP contribution in [0.4, 0.5) is 0 Å². The van der Waals surface area contributed by atoms with E-state index in [0.29, 0.717) is 24.2 Å². The first-order valence-corrected chi connectivity index (χ1v) is 5.88. The van der Waals surface area contributed by atoms with Gasteiger partial charge < -0.3 is 8.98 Å². The van der Waals surface area contributed by atoms with Gasteiger partial charge >= 0.3 is 0 Å². The first-order valence-electron chi connectivity index (χ1n) is 5.88. The Hall–Kier alpha value is -2.68. The van der Waals surface area contributed by atoms with E-state index in [1.165, 1.54) is 0 Å². The van der Waals surface area contributed by atoms with Crippen LogP contribution in [0.25, 0.3) is 11.0 Å². The molecule has 0 N–H and O–H groups in total. The van der Waals surface area contributed by atoms with Gasteiger partial charge in [-0.3, -0.25) is 0 Å². The van der Waals surface area contributed by atoms with Crippen molar-refractivity contribution in [3.05, 3.63) is 41.9 Å². The molecular weight excluding hydrogens is 242 g/mol. The van der Waals surface area contributed by atoms with Crippen molar-refractivity contribution in [2.75, 3.05) is 0 Å². The average molecular weight is 253 g/mol. The number of hydrogen-bond donors (Lipinski definition) is 0. The second kappa shape index (κ2) is 4.53. The van der Waals surface area contributed by atoms with Crippen LogP contribution < -0.4 is 0 Å². The van der Waals surface area contributed by atoms with Crippen LogP contribution in [0, 0.1) is 18.3 Å². The Morgan fingerprint density at radius 2 is 2.16 bits per heavy atom. The summed E-state index contributed by atoms with van der Waals surface area (Å²) >= 11 is 0. The number of aromatic nitrogens is 4. The van der Waals surface area contributed by atoms with E-state index in [0.717, 1.165) is 11.0 Å². The summed E-state index contributed by atoms with van der Waals surface area (Å²) in [6.45, 7) is 2.18. The maximum absolute atomic E-state index is 8.88. The van der Waals surface area contributed by atoms with E-state index in [1.54, 1.807) is 6.92 Å². The maximum Gasteiger partial charge on any atom is 0.236 e. The van der Waals surface area contributed by atoms with E-state index in [9.17, 15) is 0 Å². The Kier molecular flexibility index (Phi) is 2.72. The molecule has 0 saturated carbocycles. The topological polar surface area (TPSA) is 80.5 Å². The number of aryl methyl sites for hydroxylation is 1. The van der Waals surface area contributed by atoms with Gasteiger partial charge in [0.2, 0.25) is 11.8 Å². The van der Waals surface area contributed by atoms with Crippen molar-refractivity contribution >= 4 is 11.0 Å². The van der Waals surface area contributed by atoms with Gasteiger partial charge in [-0.15, -0.1) is 10.2 Å². The van der Waals surface area contributed by atoms with Gasteiger partial charge in [-0.05, 0) is 12.1 Å². The minimum atomic E-state index is 0.252. The highest BCUT2D eigenvalue weighted by Gasteiger charge is 2.13. The lowest BCUT2D eigenvalue weighted by Gasteiger charge is -2.03. The molecule has 0 unspecified atom stereocenters. The molecule has 3 aromatic rings. The van der Waals surface area contributed by atoms with Gasteiger partial charge in [-0.1, -0.05) is 12.1 Å². The van der Waals surface area contributed by atoms with Gasteiger partial charge in [0.1, 0.15) is 12.4 Å². The zero-order valence-electron chi connectivity index (χ0n) is 10.4. The van der Waals surface area contributed by atoms with Crippen molar-refractivity contribution < 1.29 is 4.42 Å². The van der Waals surface area contributed by atoms with Crippen LogP contribution in [0.2, 0.25) is 0 Å². The lowest BCUT2D eigenvalue weighted by molar-refractivity contribution is 0.454. The molecule has 1 aromatic carbocycles. The Bertz CT molecular complexity index is 765. The van der Waals surface area contributed by atoms with E-state index in [-0.39, 0.29) is 6.42 Å². The molecule has 0 amide bonds. The molecule has 19 heavy (non-hydrogen) atoms. The monoisotopic (exact) mass is 253 g/mol. The predicted molar refractivity (Wildman–Crippen MR) is 67.2 cm³/mol. The quantitative estimate of drug-likeness (QED) is 0.711. The molecule has 3 rings (SSSR count). The van der Waals surface area contributed by atoms with Crippen molar-refractivity contribution in [2.24, 2.45) is 0 Å². The fraction of sp³-hybridized carbons (Fsp3) is 0.231. The summed E-state index contributed by atoms with van der Waals surface area (Å²) in [5, 5.41) is 16.7. The van der Waals surface area contributed by atoms with Gasteiger partial charge in [0, 0.05) is 6.92 Å². The van der Waals surface area contributed by atoms with E-state index in [2.05, 4.69) is 21.3 Å². The molecule has 0 atom stereocenters. The van der Waals surface area contributed by atoms with Crippen molar-refractivity contribution in [2.45, 2.75) is 19.9 Å². The SMILES string of the molecule is Cc1nnc(Cn2c(CC#N)nc3ccccc32)o1. The average Bonchev–Trinajstić information content (AvgIpc) is 2.96. The van der Waals surface area contributed by atoms with E-state index in [4.69, 9.17) is 9.68 Å². The van der Waals surface area contributed by atoms with Crippen LogP contribution in [-0.2, 0) is 13.0 Å². The second-order valence-corrected chi connectivity index (χ2v) is 4.15. The van der Waals surface area contributed by atoms with Crippen molar-refractivity contribution in [3.63, 3.8) is 0 Å². The van der Waals surface area contributed by atoms with Crippen molar-refractivity contribution in [1.29, 1.82) is 5.26 Å². The predicted octanol–water partition coefficient (Wildman–Crippen LogP) is 1.84. The number of nitrogens with zero attached hydrogens (tertiary/aromatic N) is 5. The first-order chi connectivity index (χ1) is 9.28. The molecule has 6 heteroatoms. The molecule has 94 valence electrons. The van der Waals surface area contributed by atoms with Gasteiger partial charge in [0.05, 0.1) is 23.5 Å². The van der Waals surface area contributed by atoms with Crippen LogP contribution in [0.1, 0.15) is 17.6 Å². The molecule has 2 aromatic heterocycles. The molecule has 0 spiro atoms. The highest BCUT2D eigenvalue weighted by atomic mass is 16.4. The minimum absolute atomic E-state index is 0.252. The molecule has 0 aliphatic carbocycles. The number of rotatable bonds is 3. The fourth-order valence-electron chi connectivity index (χ4n) is 2.04. The summed E-state index contributed by atoms with van der Waals surface area (Å²) in [7, 11) is 0. The van der Waals surface area contributed by atoms with Crippen LogP contribution >= 0.6 is 0 Å². The van der Waals surface area contributed by atoms with Crippen LogP contribution in [0.15, 0.2) is 28.7 Å². The second-order valence-electron chi connectivity index (χ2n) is 4.15. The zero-order valence-corrected chi connectivity index (χ0v) is 10.4. The van der Waals surface area contributed by atoms with Crippen molar-refractivity contribution in [3.8, 4) is 6.07 Å². The molecular formula is C13H11N5O. The van der Waals surface area contributed by atoms with Gasteiger partial charge in [-0.25, -0.2) is 4.98 Å². The summed E-state index contributed by atoms with van der Waals surface area (Å²) in [5.41, 5.74) is 1.83. The Morgan fingerprint density at radius 3 is 2.89 bits per heavy atom. The molecule has 0 aliphatic heterocycles. The molecule has 2 heterocycles. The third kappa shape index (κ3) is 2.06. The number of fused-ring (bicyclic) bond motifs is 1. The summed E-state index contributed by atoms with van der Waals surface area (Å²) in [6, 6.07) is 9.88. The zero-order chi connectivity index (χ0) is 13.2. The van der Waals surface area contributed by atoms with Crippen LogP contribution in [-0.4, -0.2) is 19.7 Å². The summed E-state index contributed by atoms with van der Waals surface area (Å²) in [6.07, 6.45) is 0.252. The number of nitriles is 1. The highest BCUT2D eigenvalue weighted by molar-refractivity contribution is 5.76. The highest BCUT2D eigenvalue weighted by Crippen LogP contribution is 2.17. The van der Waals surface area contributed by atoms with Gasteiger partial charge in [-0.2, -0.15) is 5.26 Å². The Balaban J connectivity index is 2.09. The summed E-state index contributed by atoms with van der Waals surface area (Å²) in [4.78, 5) is 4.46. The molecule has 0 fully saturated rings. The largest absolute Gasteiger partial charge is 0.424 e. The van der Waals surface area contributed by atoms with Crippen LogP contribution in [0.5, 0.6) is 0 Å². The maximum atomic E-state index is 8.88. The van der Waals surface area contributed by atoms with E-state index < -0.39 is 0 Å². The molecule has 6 nitrogen and oxygen atoms in total. The summed E-state index contributed by atoms with van der Waals surface area (Å²) < 4.78 is 7.32. The Labute approximate surface area is 109 Å². The number of imidazole rings is 1. The number of para-hydroxylation sites is 2. The van der Waals surface area contributed by atoms with Crippen molar-refractivity contribution in [1.82, 2.24) is 19.7 Å². The van der Waals surface area contributed by atoms with Crippen LogP contribution in [0.3, 0.4) is 0 Å². The molecule has 0 saturated heterocycles. The smallest absolute Gasteiger partial charge is 0.236 e. The third-order valence-electron chi connectivity index (χ3n) is 2.83. The Morgan fingerprint density at radius 1 is 1.32 bits per heavy atom. The van der Waals surface area contributed by atoms with Gasteiger partial charge in [0.15, 0.2) is 0 Å².